The number of anilines is 2. The number of benzene rings is 2. The normalized spacial score (nSPS) is 14.8. The molecule has 1 amide bonds. The predicted molar refractivity (Wildman–Crippen MR) is 114 cm³/mol. The zero-order chi connectivity index (χ0) is 19.4. The first-order chi connectivity index (χ1) is 12.8. The zero-order valence-electron chi connectivity index (χ0n) is 14.9. The summed E-state index contributed by atoms with van der Waals surface area (Å²) in [5.41, 5.74) is 2.72. The number of rotatable bonds is 5. The lowest BCUT2D eigenvalue weighted by Gasteiger charge is -2.29. The molecule has 2 aromatic rings. The first-order valence-corrected chi connectivity index (χ1v) is 12.1. The van der Waals surface area contributed by atoms with Crippen molar-refractivity contribution in [2.45, 2.75) is 5.75 Å². The van der Waals surface area contributed by atoms with Gasteiger partial charge in [-0.2, -0.15) is 11.8 Å². The van der Waals surface area contributed by atoms with E-state index in [1.54, 1.807) is 30.3 Å². The number of sulfone groups is 1. The first kappa shape index (κ1) is 20.0. The SMILES string of the molecule is CS(=O)(=O)Cc1ccc(C(=O)Nc2ccc(N3CCSCC3)c(Cl)c2)cc1. The van der Waals surface area contributed by atoms with Crippen LogP contribution in [-0.4, -0.2) is 45.2 Å². The Bertz CT molecular complexity index is 924. The van der Waals surface area contributed by atoms with Gasteiger partial charge in [0.1, 0.15) is 0 Å². The van der Waals surface area contributed by atoms with Gasteiger partial charge in [-0.1, -0.05) is 23.7 Å². The van der Waals surface area contributed by atoms with E-state index in [0.717, 1.165) is 30.3 Å². The average Bonchev–Trinajstić information content (AvgIpc) is 2.62. The molecule has 0 atom stereocenters. The monoisotopic (exact) mass is 424 g/mol. The maximum absolute atomic E-state index is 12.4. The number of thioether (sulfide) groups is 1. The number of hydrogen-bond acceptors (Lipinski definition) is 5. The fourth-order valence-corrected chi connectivity index (χ4v) is 4.90. The Balaban J connectivity index is 1.67. The topological polar surface area (TPSA) is 66.5 Å². The molecule has 0 spiro atoms. The number of hydrogen-bond donors (Lipinski definition) is 1. The molecular formula is C19H21ClN2O3S2. The average molecular weight is 425 g/mol. The van der Waals surface area contributed by atoms with E-state index >= 15 is 0 Å². The molecular weight excluding hydrogens is 404 g/mol. The van der Waals surface area contributed by atoms with Crippen LogP contribution in [0.3, 0.4) is 0 Å². The lowest BCUT2D eigenvalue weighted by Crippen LogP contribution is -2.32. The van der Waals surface area contributed by atoms with Gasteiger partial charge in [0, 0.05) is 42.1 Å². The minimum absolute atomic E-state index is 0.0407. The van der Waals surface area contributed by atoms with Crippen molar-refractivity contribution in [2.75, 3.05) is 41.1 Å². The Kier molecular flexibility index (Phi) is 6.34. The van der Waals surface area contributed by atoms with Crippen molar-refractivity contribution in [1.29, 1.82) is 0 Å². The maximum atomic E-state index is 12.4. The van der Waals surface area contributed by atoms with E-state index in [4.69, 9.17) is 11.6 Å². The number of carbonyl (C=O) groups excluding carboxylic acids is 1. The molecule has 8 heteroatoms. The number of amides is 1. The number of carbonyl (C=O) groups is 1. The van der Waals surface area contributed by atoms with Gasteiger partial charge in [-0.05, 0) is 35.9 Å². The second-order valence-electron chi connectivity index (χ2n) is 6.49. The van der Waals surface area contributed by atoms with Crippen LogP contribution in [0.1, 0.15) is 15.9 Å². The molecule has 5 nitrogen and oxygen atoms in total. The predicted octanol–water partition coefficient (Wildman–Crippen LogP) is 3.69. The van der Waals surface area contributed by atoms with Crippen LogP contribution in [-0.2, 0) is 15.6 Å². The van der Waals surface area contributed by atoms with Crippen LogP contribution in [0, 0.1) is 0 Å². The molecule has 1 fully saturated rings. The highest BCUT2D eigenvalue weighted by Crippen LogP contribution is 2.30. The molecule has 0 unspecified atom stereocenters. The molecule has 0 bridgehead atoms. The summed E-state index contributed by atoms with van der Waals surface area (Å²) in [6.45, 7) is 1.94. The maximum Gasteiger partial charge on any atom is 0.255 e. The summed E-state index contributed by atoms with van der Waals surface area (Å²) in [6.07, 6.45) is 1.18. The van der Waals surface area contributed by atoms with Gasteiger partial charge in [0.15, 0.2) is 9.84 Å². The smallest absolute Gasteiger partial charge is 0.255 e. The number of nitrogens with one attached hydrogen (secondary N) is 1. The van der Waals surface area contributed by atoms with Crippen LogP contribution in [0.4, 0.5) is 11.4 Å². The van der Waals surface area contributed by atoms with Crippen LogP contribution in [0.2, 0.25) is 5.02 Å². The van der Waals surface area contributed by atoms with Crippen molar-refractivity contribution in [2.24, 2.45) is 0 Å². The van der Waals surface area contributed by atoms with Crippen molar-refractivity contribution >= 4 is 50.5 Å². The Morgan fingerprint density at radius 3 is 2.41 bits per heavy atom. The van der Waals surface area contributed by atoms with Crippen molar-refractivity contribution in [3.05, 3.63) is 58.6 Å². The number of halogens is 1. The summed E-state index contributed by atoms with van der Waals surface area (Å²) in [5.74, 6) is 1.87. The largest absolute Gasteiger partial charge is 0.369 e. The highest BCUT2D eigenvalue weighted by molar-refractivity contribution is 7.99. The fraction of sp³-hybridized carbons (Fsp3) is 0.316. The standard InChI is InChI=1S/C19H21ClN2O3S2/c1-27(24,25)13-14-2-4-15(5-3-14)19(23)21-16-6-7-18(17(20)12-16)22-8-10-26-11-9-22/h2-7,12H,8-11,13H2,1H3,(H,21,23). The fourth-order valence-electron chi connectivity index (χ4n) is 2.90. The molecule has 144 valence electrons. The molecule has 1 saturated heterocycles. The third kappa shape index (κ3) is 5.64. The van der Waals surface area contributed by atoms with E-state index in [9.17, 15) is 13.2 Å². The summed E-state index contributed by atoms with van der Waals surface area (Å²) in [5, 5.41) is 3.45. The Labute approximate surface area is 169 Å². The van der Waals surface area contributed by atoms with Gasteiger partial charge in [0.2, 0.25) is 0 Å². The van der Waals surface area contributed by atoms with Crippen molar-refractivity contribution < 1.29 is 13.2 Å². The third-order valence-electron chi connectivity index (χ3n) is 4.20. The van der Waals surface area contributed by atoms with Gasteiger partial charge in [0.05, 0.1) is 16.5 Å². The molecule has 27 heavy (non-hydrogen) atoms. The summed E-state index contributed by atoms with van der Waals surface area (Å²) >= 11 is 8.35. The van der Waals surface area contributed by atoms with Gasteiger partial charge in [-0.15, -0.1) is 0 Å². The Morgan fingerprint density at radius 1 is 1.15 bits per heavy atom. The lowest BCUT2D eigenvalue weighted by atomic mass is 10.1. The Hall–Kier alpha value is -1.70. The van der Waals surface area contributed by atoms with Gasteiger partial charge in [0.25, 0.3) is 5.91 Å². The summed E-state index contributed by atoms with van der Waals surface area (Å²) in [6, 6.07) is 12.1. The highest BCUT2D eigenvalue weighted by atomic mass is 35.5. The van der Waals surface area contributed by atoms with Crippen LogP contribution in [0.25, 0.3) is 0 Å². The van der Waals surface area contributed by atoms with Crippen LogP contribution in [0.5, 0.6) is 0 Å². The second kappa shape index (κ2) is 8.54. The van der Waals surface area contributed by atoms with E-state index in [0.29, 0.717) is 21.8 Å². The van der Waals surface area contributed by atoms with Crippen LogP contribution in [0.15, 0.2) is 42.5 Å². The minimum atomic E-state index is -3.10. The third-order valence-corrected chi connectivity index (χ3v) is 6.31. The van der Waals surface area contributed by atoms with Crippen molar-refractivity contribution in [1.82, 2.24) is 0 Å². The molecule has 1 aliphatic rings. The molecule has 1 N–H and O–H groups in total. The van der Waals surface area contributed by atoms with Crippen LogP contribution >= 0.6 is 23.4 Å². The molecule has 1 heterocycles. The highest BCUT2D eigenvalue weighted by Gasteiger charge is 2.15. The molecule has 1 aliphatic heterocycles. The zero-order valence-corrected chi connectivity index (χ0v) is 17.3. The molecule has 0 aromatic heterocycles. The van der Waals surface area contributed by atoms with Crippen molar-refractivity contribution in [3.63, 3.8) is 0 Å². The summed E-state index contributed by atoms with van der Waals surface area (Å²) < 4.78 is 22.7. The molecule has 3 rings (SSSR count). The van der Waals surface area contributed by atoms with Gasteiger partial charge in [-0.25, -0.2) is 8.42 Å². The molecule has 0 saturated carbocycles. The first-order valence-electron chi connectivity index (χ1n) is 8.52. The summed E-state index contributed by atoms with van der Waals surface area (Å²) in [7, 11) is -3.10. The van der Waals surface area contributed by atoms with Gasteiger partial charge in [-0.3, -0.25) is 4.79 Å². The van der Waals surface area contributed by atoms with E-state index in [1.165, 1.54) is 6.26 Å². The number of nitrogens with zero attached hydrogens (tertiary/aromatic N) is 1. The van der Waals surface area contributed by atoms with Gasteiger partial charge < -0.3 is 10.2 Å². The summed E-state index contributed by atoms with van der Waals surface area (Å²) in [4.78, 5) is 14.7. The second-order valence-corrected chi connectivity index (χ2v) is 10.3. The van der Waals surface area contributed by atoms with E-state index in [2.05, 4.69) is 10.2 Å². The van der Waals surface area contributed by atoms with Gasteiger partial charge >= 0.3 is 0 Å². The van der Waals surface area contributed by atoms with E-state index in [1.807, 2.05) is 23.9 Å². The lowest BCUT2D eigenvalue weighted by molar-refractivity contribution is 0.102. The van der Waals surface area contributed by atoms with E-state index in [-0.39, 0.29) is 11.7 Å². The minimum Gasteiger partial charge on any atom is -0.369 e. The Morgan fingerprint density at radius 2 is 1.81 bits per heavy atom. The molecule has 2 aromatic carbocycles. The van der Waals surface area contributed by atoms with Crippen molar-refractivity contribution in [3.8, 4) is 0 Å². The van der Waals surface area contributed by atoms with Crippen LogP contribution < -0.4 is 10.2 Å². The molecule has 0 aliphatic carbocycles. The molecule has 0 radical (unpaired) electrons. The van der Waals surface area contributed by atoms with E-state index < -0.39 is 9.84 Å². The quantitative estimate of drug-likeness (QED) is 0.792.